The van der Waals surface area contributed by atoms with Gasteiger partial charge >= 0.3 is 6.09 Å². The number of rotatable bonds is 8. The van der Waals surface area contributed by atoms with Crippen LogP contribution in [0.1, 0.15) is 71.8 Å². The molecule has 1 rings (SSSR count). The van der Waals surface area contributed by atoms with E-state index in [0.717, 1.165) is 24.8 Å². The van der Waals surface area contributed by atoms with Crippen molar-refractivity contribution in [3.8, 4) is 5.75 Å². The quantitative estimate of drug-likeness (QED) is 0.618. The van der Waals surface area contributed by atoms with Crippen LogP contribution in [-0.4, -0.2) is 22.9 Å². The summed E-state index contributed by atoms with van der Waals surface area (Å²) in [5.41, 5.74) is 1.17. The summed E-state index contributed by atoms with van der Waals surface area (Å²) in [7, 11) is 0. The number of unbranched alkanes of at least 4 members (excludes halogenated alkanes) is 5. The van der Waals surface area contributed by atoms with Gasteiger partial charge in [-0.3, -0.25) is 4.90 Å². The van der Waals surface area contributed by atoms with Gasteiger partial charge in [-0.2, -0.15) is 0 Å². The summed E-state index contributed by atoms with van der Waals surface area (Å²) >= 11 is 0. The van der Waals surface area contributed by atoms with E-state index in [1.807, 2.05) is 20.8 Å². The van der Waals surface area contributed by atoms with Crippen molar-refractivity contribution in [2.75, 3.05) is 11.4 Å². The maximum Gasteiger partial charge on any atom is 0.411 e. The molecule has 0 saturated heterocycles. The number of hydrogen-bond acceptors (Lipinski definition) is 2. The third-order valence-electron chi connectivity index (χ3n) is 4.07. The molecule has 0 fully saturated rings. The Hall–Kier alpha value is -1.71. The van der Waals surface area contributed by atoms with Crippen molar-refractivity contribution in [1.82, 2.24) is 0 Å². The van der Waals surface area contributed by atoms with E-state index in [2.05, 4.69) is 6.92 Å². The maximum absolute atomic E-state index is 11.6. The molecule has 0 aliphatic carbocycles. The molecule has 1 amide bonds. The molecular weight excluding hydrogens is 290 g/mol. The van der Waals surface area contributed by atoms with E-state index in [9.17, 15) is 15.0 Å². The molecule has 0 aliphatic rings. The van der Waals surface area contributed by atoms with Crippen LogP contribution in [0, 0.1) is 0 Å². The minimum Gasteiger partial charge on any atom is -0.508 e. The molecule has 0 saturated carbocycles. The first-order valence-electron chi connectivity index (χ1n) is 8.61. The van der Waals surface area contributed by atoms with Crippen LogP contribution < -0.4 is 4.90 Å². The lowest BCUT2D eigenvalue weighted by Crippen LogP contribution is -2.30. The molecule has 0 heterocycles. The lowest BCUT2D eigenvalue weighted by molar-refractivity contribution is 0.201. The predicted molar refractivity (Wildman–Crippen MR) is 95.6 cm³/mol. The van der Waals surface area contributed by atoms with E-state index in [4.69, 9.17) is 0 Å². The highest BCUT2D eigenvalue weighted by molar-refractivity contribution is 5.86. The molecule has 0 unspecified atom stereocenters. The molecule has 23 heavy (non-hydrogen) atoms. The minimum absolute atomic E-state index is 0.214. The zero-order chi connectivity index (χ0) is 17.5. The van der Waals surface area contributed by atoms with Gasteiger partial charge in [-0.15, -0.1) is 0 Å². The number of nitrogens with zero attached hydrogens (tertiary/aromatic N) is 1. The largest absolute Gasteiger partial charge is 0.508 e. The molecule has 4 nitrogen and oxygen atoms in total. The Balaban J connectivity index is 2.76. The lowest BCUT2D eigenvalue weighted by atomic mass is 9.86. The van der Waals surface area contributed by atoms with Crippen LogP contribution in [0.2, 0.25) is 0 Å². The summed E-state index contributed by atoms with van der Waals surface area (Å²) in [5.74, 6) is 0.214. The molecule has 0 radical (unpaired) electrons. The second-order valence-corrected chi connectivity index (χ2v) is 7.15. The van der Waals surface area contributed by atoms with Crippen LogP contribution in [-0.2, 0) is 5.41 Å². The SMILES string of the molecule is CCCCCCCCN(C(=O)O)c1ccc(O)c(C(C)(C)C)c1. The maximum atomic E-state index is 11.6. The fourth-order valence-corrected chi connectivity index (χ4v) is 2.68. The number of aromatic hydroxyl groups is 1. The first-order valence-corrected chi connectivity index (χ1v) is 8.61. The number of carbonyl (C=O) groups is 1. The molecule has 4 heteroatoms. The molecule has 0 atom stereocenters. The van der Waals surface area contributed by atoms with E-state index in [1.165, 1.54) is 24.2 Å². The molecular formula is C19H31NO3. The number of amides is 1. The van der Waals surface area contributed by atoms with Crippen LogP contribution in [0.5, 0.6) is 5.75 Å². The fourth-order valence-electron chi connectivity index (χ4n) is 2.68. The smallest absolute Gasteiger partial charge is 0.411 e. The van der Waals surface area contributed by atoms with Crippen molar-refractivity contribution in [2.24, 2.45) is 0 Å². The number of hydrogen-bond donors (Lipinski definition) is 2. The molecule has 0 aliphatic heterocycles. The Kier molecular flexibility index (Phi) is 7.40. The summed E-state index contributed by atoms with van der Waals surface area (Å²) in [6.07, 6.45) is 5.81. The molecule has 0 spiro atoms. The highest BCUT2D eigenvalue weighted by Gasteiger charge is 2.21. The normalized spacial score (nSPS) is 11.5. The number of carboxylic acid groups (broad SMARTS) is 1. The Morgan fingerprint density at radius 2 is 1.70 bits per heavy atom. The highest BCUT2D eigenvalue weighted by atomic mass is 16.4. The van der Waals surface area contributed by atoms with Gasteiger partial charge in [-0.1, -0.05) is 59.8 Å². The van der Waals surface area contributed by atoms with E-state index in [-0.39, 0.29) is 11.2 Å². The van der Waals surface area contributed by atoms with Crippen molar-refractivity contribution in [1.29, 1.82) is 0 Å². The summed E-state index contributed by atoms with van der Waals surface area (Å²) < 4.78 is 0. The van der Waals surface area contributed by atoms with Crippen molar-refractivity contribution in [2.45, 2.75) is 71.6 Å². The van der Waals surface area contributed by atoms with Crippen molar-refractivity contribution in [3.05, 3.63) is 23.8 Å². The van der Waals surface area contributed by atoms with Gasteiger partial charge in [0.1, 0.15) is 5.75 Å². The van der Waals surface area contributed by atoms with Crippen LogP contribution >= 0.6 is 0 Å². The van der Waals surface area contributed by atoms with Crippen molar-refractivity contribution in [3.63, 3.8) is 0 Å². The predicted octanol–water partition coefficient (Wildman–Crippen LogP) is 5.53. The Bertz CT molecular complexity index is 506. The molecule has 1 aromatic carbocycles. The van der Waals surface area contributed by atoms with E-state index in [0.29, 0.717) is 12.2 Å². The molecule has 130 valence electrons. The van der Waals surface area contributed by atoms with Gasteiger partial charge in [0, 0.05) is 17.8 Å². The minimum atomic E-state index is -0.941. The second-order valence-electron chi connectivity index (χ2n) is 7.15. The highest BCUT2D eigenvalue weighted by Crippen LogP contribution is 2.34. The van der Waals surface area contributed by atoms with Crippen LogP contribution in [0.15, 0.2) is 18.2 Å². The first kappa shape index (κ1) is 19.3. The zero-order valence-electron chi connectivity index (χ0n) is 14.9. The van der Waals surface area contributed by atoms with Crippen molar-refractivity contribution >= 4 is 11.8 Å². The first-order chi connectivity index (χ1) is 10.8. The Morgan fingerprint density at radius 1 is 1.09 bits per heavy atom. The summed E-state index contributed by atoms with van der Waals surface area (Å²) in [5, 5.41) is 19.5. The van der Waals surface area contributed by atoms with Gasteiger partial charge in [0.25, 0.3) is 0 Å². The standard InChI is InChI=1S/C19H31NO3/c1-5-6-7-8-9-10-13-20(18(22)23)15-11-12-17(21)16(14-15)19(2,3)4/h11-12,14,21H,5-10,13H2,1-4H3,(H,22,23). The third kappa shape index (κ3) is 6.12. The summed E-state index contributed by atoms with van der Waals surface area (Å²) in [6, 6.07) is 5.06. The number of benzene rings is 1. The van der Waals surface area contributed by atoms with Crippen LogP contribution in [0.4, 0.5) is 10.5 Å². The van der Waals surface area contributed by atoms with Crippen molar-refractivity contribution < 1.29 is 15.0 Å². The molecule has 1 aromatic rings. The average Bonchev–Trinajstić information content (AvgIpc) is 2.46. The Labute approximate surface area is 140 Å². The van der Waals surface area contributed by atoms with Gasteiger partial charge in [-0.25, -0.2) is 4.79 Å². The number of anilines is 1. The lowest BCUT2D eigenvalue weighted by Gasteiger charge is -2.25. The second kappa shape index (κ2) is 8.80. The summed E-state index contributed by atoms with van der Waals surface area (Å²) in [4.78, 5) is 13.0. The van der Waals surface area contributed by atoms with E-state index >= 15 is 0 Å². The third-order valence-corrected chi connectivity index (χ3v) is 4.07. The summed E-state index contributed by atoms with van der Waals surface area (Å²) in [6.45, 7) is 8.69. The van der Waals surface area contributed by atoms with E-state index < -0.39 is 6.09 Å². The molecule has 0 aromatic heterocycles. The van der Waals surface area contributed by atoms with Crippen LogP contribution in [0.25, 0.3) is 0 Å². The van der Waals surface area contributed by atoms with Gasteiger partial charge in [0.05, 0.1) is 0 Å². The Morgan fingerprint density at radius 3 is 2.26 bits per heavy atom. The van der Waals surface area contributed by atoms with Gasteiger partial charge in [-0.05, 0) is 30.0 Å². The van der Waals surface area contributed by atoms with E-state index in [1.54, 1.807) is 18.2 Å². The molecule has 2 N–H and O–H groups in total. The average molecular weight is 321 g/mol. The zero-order valence-corrected chi connectivity index (χ0v) is 14.9. The fraction of sp³-hybridized carbons (Fsp3) is 0.632. The number of phenols is 1. The van der Waals surface area contributed by atoms with Gasteiger partial charge in [0.15, 0.2) is 0 Å². The topological polar surface area (TPSA) is 60.8 Å². The van der Waals surface area contributed by atoms with Gasteiger partial charge < -0.3 is 10.2 Å². The monoisotopic (exact) mass is 321 g/mol. The van der Waals surface area contributed by atoms with Crippen LogP contribution in [0.3, 0.4) is 0 Å². The number of phenolic OH excluding ortho intramolecular Hbond substituents is 1. The molecule has 0 bridgehead atoms. The van der Waals surface area contributed by atoms with Gasteiger partial charge in [0.2, 0.25) is 0 Å².